The van der Waals surface area contributed by atoms with Crippen LogP contribution in [0.25, 0.3) is 0 Å². The van der Waals surface area contributed by atoms with Gasteiger partial charge in [0.1, 0.15) is 6.54 Å². The van der Waals surface area contributed by atoms with Crippen LogP contribution in [0.3, 0.4) is 0 Å². The van der Waals surface area contributed by atoms with Gasteiger partial charge in [0.25, 0.3) is 0 Å². The van der Waals surface area contributed by atoms with Gasteiger partial charge in [0.05, 0.1) is 5.69 Å². The van der Waals surface area contributed by atoms with Crippen LogP contribution >= 0.6 is 0 Å². The normalized spacial score (nSPS) is 10.8. The highest BCUT2D eigenvalue weighted by atomic mass is 15.4. The van der Waals surface area contributed by atoms with Crippen LogP contribution in [-0.4, -0.2) is 50.6 Å². The van der Waals surface area contributed by atoms with Crippen molar-refractivity contribution in [3.05, 3.63) is 17.7 Å². The molecule has 9 nitrogen and oxygen atoms in total. The molecule has 2 rings (SSSR count). The van der Waals surface area contributed by atoms with E-state index in [1.165, 1.54) is 0 Å². The van der Waals surface area contributed by atoms with Crippen molar-refractivity contribution in [3.8, 4) is 0 Å². The monoisotopic (exact) mass is 291 g/mol. The van der Waals surface area contributed by atoms with Gasteiger partial charge in [-0.2, -0.15) is 15.0 Å². The van der Waals surface area contributed by atoms with Crippen molar-refractivity contribution < 1.29 is 0 Å². The van der Waals surface area contributed by atoms with Crippen LogP contribution < -0.4 is 16.4 Å². The van der Waals surface area contributed by atoms with E-state index in [1.54, 1.807) is 9.58 Å². The van der Waals surface area contributed by atoms with Crippen molar-refractivity contribution in [1.29, 1.82) is 0 Å². The van der Waals surface area contributed by atoms with Crippen LogP contribution in [0.5, 0.6) is 0 Å². The molecule has 0 amide bonds. The van der Waals surface area contributed by atoms with Crippen molar-refractivity contribution in [2.24, 2.45) is 5.73 Å². The van der Waals surface area contributed by atoms with Gasteiger partial charge in [-0.05, 0) is 25.8 Å². The number of anilines is 2. The lowest BCUT2D eigenvalue weighted by molar-refractivity contribution is 0.622. The second-order valence-electron chi connectivity index (χ2n) is 4.96. The first kappa shape index (κ1) is 15.1. The van der Waals surface area contributed by atoms with Gasteiger partial charge in [-0.15, -0.1) is 5.10 Å². The number of unbranched alkanes of at least 4 members (excludes halogenated alkanes) is 1. The van der Waals surface area contributed by atoms with E-state index in [4.69, 9.17) is 11.5 Å². The fraction of sp³-hybridized carbons (Fsp3) is 0.583. The smallest absolute Gasteiger partial charge is 0.229 e. The molecule has 0 atom stereocenters. The molecule has 2 aromatic rings. The zero-order chi connectivity index (χ0) is 15.2. The number of hydrogen-bond acceptors (Lipinski definition) is 8. The minimum absolute atomic E-state index is 0.201. The van der Waals surface area contributed by atoms with Crippen molar-refractivity contribution in [2.45, 2.75) is 25.8 Å². The predicted molar refractivity (Wildman–Crippen MR) is 79.7 cm³/mol. The first-order chi connectivity index (χ1) is 10.1. The molecular weight excluding hydrogens is 270 g/mol. The average Bonchev–Trinajstić information content (AvgIpc) is 2.86. The van der Waals surface area contributed by atoms with Crippen molar-refractivity contribution in [1.82, 2.24) is 29.9 Å². The first-order valence-corrected chi connectivity index (χ1v) is 6.85. The lowest BCUT2D eigenvalue weighted by atomic mass is 10.2. The zero-order valence-electron chi connectivity index (χ0n) is 12.4. The van der Waals surface area contributed by atoms with Crippen LogP contribution in [0.1, 0.15) is 24.4 Å². The summed E-state index contributed by atoms with van der Waals surface area (Å²) >= 11 is 0. The Labute approximate surface area is 123 Å². The Morgan fingerprint density at radius 1 is 1.19 bits per heavy atom. The van der Waals surface area contributed by atoms with Gasteiger partial charge in [-0.3, -0.25) is 0 Å². The Bertz CT molecular complexity index is 578. The number of hydrogen-bond donors (Lipinski definition) is 2. The molecule has 114 valence electrons. The fourth-order valence-electron chi connectivity index (χ4n) is 1.82. The predicted octanol–water partition coefficient (Wildman–Crippen LogP) is -0.559. The van der Waals surface area contributed by atoms with Crippen molar-refractivity contribution in [2.75, 3.05) is 31.3 Å². The highest BCUT2D eigenvalue weighted by Crippen LogP contribution is 2.07. The van der Waals surface area contributed by atoms with E-state index in [-0.39, 0.29) is 5.95 Å². The molecule has 0 aliphatic heterocycles. The van der Waals surface area contributed by atoms with Crippen LogP contribution in [0, 0.1) is 0 Å². The minimum atomic E-state index is 0.201. The molecule has 9 heteroatoms. The van der Waals surface area contributed by atoms with E-state index in [2.05, 4.69) is 25.3 Å². The van der Waals surface area contributed by atoms with Crippen molar-refractivity contribution in [3.63, 3.8) is 0 Å². The summed E-state index contributed by atoms with van der Waals surface area (Å²) in [5, 5.41) is 8.20. The van der Waals surface area contributed by atoms with E-state index in [9.17, 15) is 0 Å². The standard InChI is InChI=1S/C12H21N9/c1-20(2)12-16-10(15-11(14)17-12)8-21-7-9(18-19-21)5-3-4-6-13/h7H,3-6,8,13H2,1-2H3,(H2,14,15,16,17). The summed E-state index contributed by atoms with van der Waals surface area (Å²) in [5.41, 5.74) is 12.1. The molecule has 0 aliphatic carbocycles. The van der Waals surface area contributed by atoms with Gasteiger partial charge in [-0.1, -0.05) is 5.21 Å². The number of aryl methyl sites for hydroxylation is 1. The van der Waals surface area contributed by atoms with Crippen molar-refractivity contribution >= 4 is 11.9 Å². The summed E-state index contributed by atoms with van der Waals surface area (Å²) in [6.07, 6.45) is 4.77. The molecule has 0 aliphatic rings. The zero-order valence-corrected chi connectivity index (χ0v) is 12.4. The molecule has 4 N–H and O–H groups in total. The molecule has 0 spiro atoms. The second-order valence-corrected chi connectivity index (χ2v) is 4.96. The molecule has 2 heterocycles. The SMILES string of the molecule is CN(C)c1nc(N)nc(Cn2cc(CCCCN)nn2)n1. The quantitative estimate of drug-likeness (QED) is 0.650. The Morgan fingerprint density at radius 3 is 2.71 bits per heavy atom. The molecule has 2 aromatic heterocycles. The Balaban J connectivity index is 2.04. The van der Waals surface area contributed by atoms with E-state index in [0.717, 1.165) is 25.0 Å². The lowest BCUT2D eigenvalue weighted by Gasteiger charge is -2.11. The van der Waals surface area contributed by atoms with Gasteiger partial charge >= 0.3 is 0 Å². The fourth-order valence-corrected chi connectivity index (χ4v) is 1.82. The van der Waals surface area contributed by atoms with Crippen LogP contribution in [-0.2, 0) is 13.0 Å². The molecule has 0 radical (unpaired) electrons. The molecule has 0 bridgehead atoms. The summed E-state index contributed by atoms with van der Waals surface area (Å²) in [6, 6.07) is 0. The van der Waals surface area contributed by atoms with Crippen LogP contribution in [0.4, 0.5) is 11.9 Å². The van der Waals surface area contributed by atoms with Gasteiger partial charge in [0.2, 0.25) is 11.9 Å². The Kier molecular flexibility index (Phi) is 4.99. The summed E-state index contributed by atoms with van der Waals surface area (Å²) in [4.78, 5) is 14.3. The number of rotatable bonds is 7. The van der Waals surface area contributed by atoms with E-state index in [0.29, 0.717) is 24.9 Å². The number of nitrogen functional groups attached to an aromatic ring is 1. The van der Waals surface area contributed by atoms with Gasteiger partial charge < -0.3 is 16.4 Å². The van der Waals surface area contributed by atoms with Gasteiger partial charge in [-0.25, -0.2) is 4.68 Å². The van der Waals surface area contributed by atoms with E-state index >= 15 is 0 Å². The summed E-state index contributed by atoms with van der Waals surface area (Å²) in [6.45, 7) is 1.11. The molecule has 0 aromatic carbocycles. The molecule has 0 unspecified atom stereocenters. The Morgan fingerprint density at radius 2 is 2.00 bits per heavy atom. The summed E-state index contributed by atoms with van der Waals surface area (Å²) < 4.78 is 1.70. The third-order valence-corrected chi connectivity index (χ3v) is 2.86. The minimum Gasteiger partial charge on any atom is -0.368 e. The maximum atomic E-state index is 5.69. The maximum Gasteiger partial charge on any atom is 0.229 e. The van der Waals surface area contributed by atoms with Gasteiger partial charge in [0.15, 0.2) is 5.82 Å². The van der Waals surface area contributed by atoms with Crippen LogP contribution in [0.15, 0.2) is 6.20 Å². The third-order valence-electron chi connectivity index (χ3n) is 2.86. The average molecular weight is 291 g/mol. The maximum absolute atomic E-state index is 5.69. The largest absolute Gasteiger partial charge is 0.368 e. The topological polar surface area (TPSA) is 125 Å². The molecule has 21 heavy (non-hydrogen) atoms. The number of nitrogens with two attached hydrogens (primary N) is 2. The first-order valence-electron chi connectivity index (χ1n) is 6.85. The number of aromatic nitrogens is 6. The third kappa shape index (κ3) is 4.35. The van der Waals surface area contributed by atoms with E-state index < -0.39 is 0 Å². The molecular formula is C12H21N9. The highest BCUT2D eigenvalue weighted by molar-refractivity contribution is 5.32. The Hall–Kier alpha value is -2.29. The second kappa shape index (κ2) is 6.93. The molecule has 0 fully saturated rings. The molecule has 0 saturated heterocycles. The van der Waals surface area contributed by atoms with E-state index in [1.807, 2.05) is 20.3 Å². The lowest BCUT2D eigenvalue weighted by Crippen LogP contribution is -2.17. The highest BCUT2D eigenvalue weighted by Gasteiger charge is 2.08. The van der Waals surface area contributed by atoms with Gasteiger partial charge in [0, 0.05) is 20.3 Å². The molecule has 0 saturated carbocycles. The summed E-state index contributed by atoms with van der Waals surface area (Å²) in [7, 11) is 3.70. The van der Waals surface area contributed by atoms with Crippen LogP contribution in [0.2, 0.25) is 0 Å². The summed E-state index contributed by atoms with van der Waals surface area (Å²) in [5.74, 6) is 1.29. The number of nitrogens with zero attached hydrogens (tertiary/aromatic N) is 7.